The molecule has 0 spiro atoms. The summed E-state index contributed by atoms with van der Waals surface area (Å²) in [5.74, 6) is -0.230. The fraction of sp³-hybridized carbons (Fsp3) is 0.417. The van der Waals surface area contributed by atoms with Crippen LogP contribution in [0.3, 0.4) is 0 Å². The van der Waals surface area contributed by atoms with Gasteiger partial charge in [0.2, 0.25) is 5.91 Å². The van der Waals surface area contributed by atoms with Crippen LogP contribution in [0.5, 0.6) is 0 Å². The van der Waals surface area contributed by atoms with Crippen LogP contribution in [0.25, 0.3) is 0 Å². The first kappa shape index (κ1) is 14.0. The minimum absolute atomic E-state index is 0.125. The predicted octanol–water partition coefficient (Wildman–Crippen LogP) is 2.27. The summed E-state index contributed by atoms with van der Waals surface area (Å²) in [4.78, 5) is 11.5. The zero-order chi connectivity index (χ0) is 12.7. The van der Waals surface area contributed by atoms with Crippen molar-refractivity contribution in [1.82, 2.24) is 0 Å². The van der Waals surface area contributed by atoms with Gasteiger partial charge >= 0.3 is 0 Å². The van der Waals surface area contributed by atoms with Crippen LogP contribution in [-0.4, -0.2) is 28.6 Å². The Morgan fingerprint density at radius 2 is 2.35 bits per heavy atom. The van der Waals surface area contributed by atoms with Crippen LogP contribution in [0, 0.1) is 5.82 Å². The van der Waals surface area contributed by atoms with E-state index in [-0.39, 0.29) is 23.6 Å². The smallest absolute Gasteiger partial charge is 0.234 e. The summed E-state index contributed by atoms with van der Waals surface area (Å²) in [7, 11) is 0. The van der Waals surface area contributed by atoms with Crippen molar-refractivity contribution in [1.29, 1.82) is 0 Å². The first-order valence-electron chi connectivity index (χ1n) is 5.39. The summed E-state index contributed by atoms with van der Waals surface area (Å²) >= 11 is 1.47. The van der Waals surface area contributed by atoms with Gasteiger partial charge in [-0.15, -0.1) is 11.8 Å². The quantitative estimate of drug-likeness (QED) is 0.822. The molecule has 0 bridgehead atoms. The normalized spacial score (nSPS) is 12.2. The fourth-order valence-corrected chi connectivity index (χ4v) is 2.03. The number of aliphatic hydroxyl groups excluding tert-OH is 1. The Bertz CT molecular complexity index is 373. The molecule has 0 aliphatic rings. The van der Waals surface area contributed by atoms with E-state index in [2.05, 4.69) is 5.32 Å². The first-order valence-corrected chi connectivity index (χ1v) is 6.44. The summed E-state index contributed by atoms with van der Waals surface area (Å²) < 4.78 is 12.8. The number of amides is 1. The minimum atomic E-state index is -0.371. The van der Waals surface area contributed by atoms with Crippen LogP contribution in [0.15, 0.2) is 24.3 Å². The van der Waals surface area contributed by atoms with Gasteiger partial charge in [-0.05, 0) is 24.6 Å². The Morgan fingerprint density at radius 1 is 1.59 bits per heavy atom. The lowest BCUT2D eigenvalue weighted by atomic mass is 10.3. The number of carbonyl (C=O) groups is 1. The molecule has 1 unspecified atom stereocenters. The van der Waals surface area contributed by atoms with E-state index in [1.54, 1.807) is 12.1 Å². The molecule has 5 heteroatoms. The highest BCUT2D eigenvalue weighted by atomic mass is 32.2. The molecule has 1 rings (SSSR count). The van der Waals surface area contributed by atoms with Gasteiger partial charge in [-0.3, -0.25) is 4.79 Å². The first-order chi connectivity index (χ1) is 8.11. The number of thioether (sulfide) groups is 1. The maximum absolute atomic E-state index is 12.8. The van der Waals surface area contributed by atoms with Crippen molar-refractivity contribution >= 4 is 23.4 Å². The molecule has 1 atom stereocenters. The van der Waals surface area contributed by atoms with E-state index < -0.39 is 0 Å². The molecule has 0 radical (unpaired) electrons. The zero-order valence-electron chi connectivity index (χ0n) is 9.65. The Morgan fingerprint density at radius 3 is 3.00 bits per heavy atom. The zero-order valence-corrected chi connectivity index (χ0v) is 10.5. The van der Waals surface area contributed by atoms with Crippen LogP contribution in [0.1, 0.15) is 13.3 Å². The molecule has 0 aromatic heterocycles. The van der Waals surface area contributed by atoms with Crippen LogP contribution in [0.4, 0.5) is 10.1 Å². The minimum Gasteiger partial charge on any atom is -0.396 e. The molecule has 3 nitrogen and oxygen atoms in total. The van der Waals surface area contributed by atoms with Crippen LogP contribution >= 0.6 is 11.8 Å². The van der Waals surface area contributed by atoms with Gasteiger partial charge in [-0.25, -0.2) is 4.39 Å². The van der Waals surface area contributed by atoms with Gasteiger partial charge in [-0.1, -0.05) is 13.0 Å². The number of aliphatic hydroxyl groups is 1. The van der Waals surface area contributed by atoms with Gasteiger partial charge in [0.05, 0.1) is 5.75 Å². The molecule has 0 aliphatic carbocycles. The SMILES string of the molecule is CC(CCO)SCC(=O)Nc1cccc(F)c1. The van der Waals surface area contributed by atoms with E-state index in [1.807, 2.05) is 6.92 Å². The lowest BCUT2D eigenvalue weighted by Crippen LogP contribution is -2.16. The number of hydrogen-bond acceptors (Lipinski definition) is 3. The molecule has 1 amide bonds. The third kappa shape index (κ3) is 5.70. The van der Waals surface area contributed by atoms with Crippen molar-refractivity contribution in [2.45, 2.75) is 18.6 Å². The average Bonchev–Trinajstić information content (AvgIpc) is 2.27. The second kappa shape index (κ2) is 7.29. The van der Waals surface area contributed by atoms with Gasteiger partial charge in [-0.2, -0.15) is 0 Å². The second-order valence-electron chi connectivity index (χ2n) is 3.69. The number of carbonyl (C=O) groups excluding carboxylic acids is 1. The van der Waals surface area contributed by atoms with Gasteiger partial charge in [0.15, 0.2) is 0 Å². The van der Waals surface area contributed by atoms with E-state index >= 15 is 0 Å². The van der Waals surface area contributed by atoms with Crippen LogP contribution < -0.4 is 5.32 Å². The van der Waals surface area contributed by atoms with Gasteiger partial charge in [0.1, 0.15) is 5.82 Å². The number of rotatable bonds is 6. The molecule has 0 saturated carbocycles. The number of benzene rings is 1. The maximum atomic E-state index is 12.8. The lowest BCUT2D eigenvalue weighted by Gasteiger charge is -2.09. The summed E-state index contributed by atoms with van der Waals surface area (Å²) in [6, 6.07) is 5.79. The topological polar surface area (TPSA) is 49.3 Å². The van der Waals surface area contributed by atoms with Crippen molar-refractivity contribution in [3.05, 3.63) is 30.1 Å². The van der Waals surface area contributed by atoms with Crippen LogP contribution in [-0.2, 0) is 4.79 Å². The van der Waals surface area contributed by atoms with Crippen molar-refractivity contribution in [2.75, 3.05) is 17.7 Å². The Kier molecular flexibility index (Phi) is 6.00. The molecular weight excluding hydrogens is 241 g/mol. The molecule has 94 valence electrons. The highest BCUT2D eigenvalue weighted by Crippen LogP contribution is 2.15. The summed E-state index contributed by atoms with van der Waals surface area (Å²) in [6.07, 6.45) is 0.665. The highest BCUT2D eigenvalue weighted by molar-refractivity contribution is 8.00. The van der Waals surface area contributed by atoms with Crippen molar-refractivity contribution in [3.8, 4) is 0 Å². The van der Waals surface area contributed by atoms with Crippen molar-refractivity contribution < 1.29 is 14.3 Å². The average molecular weight is 257 g/mol. The molecular formula is C12H16FNO2S. The molecule has 0 fully saturated rings. The third-order valence-electron chi connectivity index (χ3n) is 2.14. The van der Waals surface area contributed by atoms with Crippen LogP contribution in [0.2, 0.25) is 0 Å². The Balaban J connectivity index is 2.34. The maximum Gasteiger partial charge on any atom is 0.234 e. The van der Waals surface area contributed by atoms with E-state index in [0.717, 1.165) is 0 Å². The second-order valence-corrected chi connectivity index (χ2v) is 5.12. The van der Waals surface area contributed by atoms with E-state index in [9.17, 15) is 9.18 Å². The van der Waals surface area contributed by atoms with Crippen molar-refractivity contribution in [2.24, 2.45) is 0 Å². The summed E-state index contributed by atoms with van der Waals surface area (Å²) in [5.41, 5.74) is 0.463. The summed E-state index contributed by atoms with van der Waals surface area (Å²) in [6.45, 7) is 2.08. The predicted molar refractivity (Wildman–Crippen MR) is 68.7 cm³/mol. The Hall–Kier alpha value is -1.07. The van der Waals surface area contributed by atoms with Gasteiger partial charge in [0.25, 0.3) is 0 Å². The molecule has 2 N–H and O–H groups in total. The lowest BCUT2D eigenvalue weighted by molar-refractivity contribution is -0.113. The fourth-order valence-electron chi connectivity index (χ4n) is 1.25. The largest absolute Gasteiger partial charge is 0.396 e. The third-order valence-corrected chi connectivity index (χ3v) is 3.38. The highest BCUT2D eigenvalue weighted by Gasteiger charge is 2.07. The molecule has 1 aromatic carbocycles. The number of halogens is 1. The van der Waals surface area contributed by atoms with Gasteiger partial charge < -0.3 is 10.4 Å². The standard InChI is InChI=1S/C12H16FNO2S/c1-9(5-6-15)17-8-12(16)14-11-4-2-3-10(13)7-11/h2-4,7,9,15H,5-6,8H2,1H3,(H,14,16). The molecule has 1 aromatic rings. The number of anilines is 1. The molecule has 17 heavy (non-hydrogen) atoms. The monoisotopic (exact) mass is 257 g/mol. The van der Waals surface area contributed by atoms with E-state index in [1.165, 1.54) is 23.9 Å². The van der Waals surface area contributed by atoms with E-state index in [0.29, 0.717) is 17.9 Å². The number of nitrogens with one attached hydrogen (secondary N) is 1. The number of hydrogen-bond donors (Lipinski definition) is 2. The summed E-state index contributed by atoms with van der Waals surface area (Å²) in [5, 5.41) is 11.6. The van der Waals surface area contributed by atoms with Gasteiger partial charge in [0, 0.05) is 17.5 Å². The molecule has 0 aliphatic heterocycles. The molecule has 0 heterocycles. The van der Waals surface area contributed by atoms with E-state index in [4.69, 9.17) is 5.11 Å². The Labute approximate surface area is 104 Å². The molecule has 0 saturated heterocycles. The van der Waals surface area contributed by atoms with Crippen molar-refractivity contribution in [3.63, 3.8) is 0 Å².